The number of unbranched alkanes of at least 4 members (excludes halogenated alkanes) is 30. The third-order valence-electron chi connectivity index (χ3n) is 16.8. The lowest BCUT2D eigenvalue weighted by Gasteiger charge is -2.47. The number of ether oxygens (including phenoxy) is 6. The van der Waals surface area contributed by atoms with Gasteiger partial charge in [0.25, 0.3) is 0 Å². The molecule has 0 aromatic rings. The van der Waals surface area contributed by atoms with Crippen LogP contribution in [-0.4, -0.2) is 149 Å². The first-order chi connectivity index (χ1) is 41.2. The van der Waals surface area contributed by atoms with Gasteiger partial charge >= 0.3 is 7.82 Å². The van der Waals surface area contributed by atoms with Gasteiger partial charge in [0.2, 0.25) is 11.8 Å². The highest BCUT2D eigenvalue weighted by atomic mass is 31.2. The summed E-state index contributed by atoms with van der Waals surface area (Å²) in [5.74, 6) is -0.944. The maximum Gasteiger partial charge on any atom is 0.472 e. The van der Waals surface area contributed by atoms with Crippen LogP contribution in [0.25, 0.3) is 0 Å². The number of aliphatic hydroxyl groups excluding tert-OH is 4. The number of rotatable bonds is 57. The van der Waals surface area contributed by atoms with Crippen LogP contribution in [0.1, 0.15) is 291 Å². The van der Waals surface area contributed by atoms with Gasteiger partial charge < -0.3 is 69.3 Å². The number of methoxy groups -OCH3 is 1. The van der Waals surface area contributed by atoms with Crippen molar-refractivity contribution in [1.29, 1.82) is 0 Å². The molecule has 2 saturated heterocycles. The van der Waals surface area contributed by atoms with Gasteiger partial charge in [0.1, 0.15) is 42.6 Å². The molecule has 0 aromatic carbocycles. The van der Waals surface area contributed by atoms with Gasteiger partial charge in [-0.15, -0.1) is 0 Å². The average molecular weight is 1240 g/mol. The smallest absolute Gasteiger partial charge is 0.396 e. The Balaban J connectivity index is 2.33. The SMILES string of the molecule is CCCCCCC=CCCCCCCCCCC(=O)N[C@H]1[C@H](OC[C@H]2O[C@H](OP(=O)(O)O)[C@H](NC(=O)CC(O)CCCCCCCCCCC)[C@@H](OCCCCCCCCCC)[C@@H]2O)O[C@H](CCO)[C@@H](O)[C@@H]1OCCC(CCCCCCC)OC. The molecule has 2 rings (SSSR count). The Hall–Kier alpha value is -1.61. The largest absolute Gasteiger partial charge is 0.472 e. The molecule has 2 aliphatic heterocycles. The van der Waals surface area contributed by atoms with Crippen LogP contribution >= 0.6 is 7.82 Å². The fourth-order valence-corrected chi connectivity index (χ4v) is 12.1. The Morgan fingerprint density at radius 3 is 1.49 bits per heavy atom. The molecule has 2 amide bonds. The number of hydrogen-bond acceptors (Lipinski definition) is 14. The highest BCUT2D eigenvalue weighted by Gasteiger charge is 2.51. The van der Waals surface area contributed by atoms with E-state index in [0.29, 0.717) is 25.7 Å². The van der Waals surface area contributed by atoms with Crippen LogP contribution in [0.15, 0.2) is 12.2 Å². The van der Waals surface area contributed by atoms with Gasteiger partial charge in [0, 0.05) is 33.4 Å². The van der Waals surface area contributed by atoms with Gasteiger partial charge in [-0.2, -0.15) is 0 Å². The third-order valence-corrected chi connectivity index (χ3v) is 17.3. The maximum atomic E-state index is 13.9. The van der Waals surface area contributed by atoms with Crippen LogP contribution in [0.4, 0.5) is 0 Å². The number of allylic oxidation sites excluding steroid dienone is 2. The molecule has 2 aliphatic rings. The van der Waals surface area contributed by atoms with E-state index < -0.39 is 87.7 Å². The average Bonchev–Trinajstić information content (AvgIpc) is 2.88. The Morgan fingerprint density at radius 1 is 0.529 bits per heavy atom. The van der Waals surface area contributed by atoms with E-state index in [1.54, 1.807) is 7.11 Å². The second-order valence-corrected chi connectivity index (χ2v) is 25.7. The Morgan fingerprint density at radius 2 is 0.965 bits per heavy atom. The zero-order valence-electron chi connectivity index (χ0n) is 54.1. The Labute approximate surface area is 515 Å². The van der Waals surface area contributed by atoms with Crippen molar-refractivity contribution in [2.45, 2.75) is 364 Å². The summed E-state index contributed by atoms with van der Waals surface area (Å²) < 4.78 is 55.5. The van der Waals surface area contributed by atoms with Gasteiger partial charge in [0.05, 0.1) is 31.3 Å². The summed E-state index contributed by atoms with van der Waals surface area (Å²) in [5.41, 5.74) is 0. The zero-order chi connectivity index (χ0) is 62.2. The second kappa shape index (κ2) is 52.1. The molecule has 85 heavy (non-hydrogen) atoms. The predicted octanol–water partition coefficient (Wildman–Crippen LogP) is 13.0. The van der Waals surface area contributed by atoms with Crippen LogP contribution in [0, 0.1) is 0 Å². The number of nitrogens with one attached hydrogen (secondary N) is 2. The van der Waals surface area contributed by atoms with Crippen LogP contribution < -0.4 is 10.6 Å². The van der Waals surface area contributed by atoms with E-state index in [2.05, 4.69) is 50.5 Å². The molecule has 502 valence electrons. The number of phosphoric acid groups is 1. The molecular formula is C66H127N2O16P. The van der Waals surface area contributed by atoms with Gasteiger partial charge in [-0.05, 0) is 64.2 Å². The lowest BCUT2D eigenvalue weighted by Crippen LogP contribution is -2.67. The minimum atomic E-state index is -5.32. The zero-order valence-corrected chi connectivity index (χ0v) is 55.0. The minimum absolute atomic E-state index is 0.000506. The molecule has 2 unspecified atom stereocenters. The fraction of sp³-hybridized carbons (Fsp3) is 0.939. The molecule has 8 N–H and O–H groups in total. The normalized spacial score (nSPS) is 23.6. The van der Waals surface area contributed by atoms with Crippen molar-refractivity contribution in [3.05, 3.63) is 12.2 Å². The molecular weight excluding hydrogens is 1110 g/mol. The van der Waals surface area contributed by atoms with Crippen molar-refractivity contribution in [1.82, 2.24) is 10.6 Å². The molecule has 0 saturated carbocycles. The molecule has 0 spiro atoms. The Bertz CT molecular complexity index is 1660. The summed E-state index contributed by atoms with van der Waals surface area (Å²) in [6.45, 7) is 8.25. The van der Waals surface area contributed by atoms with E-state index in [4.69, 9.17) is 32.9 Å². The second-order valence-electron chi connectivity index (χ2n) is 24.5. The van der Waals surface area contributed by atoms with Crippen LogP contribution in [0.5, 0.6) is 0 Å². The standard InChI is InChI=1S/C66H127N2O16P/c1-6-10-14-18-21-24-25-26-27-28-29-31-33-37-41-45-57(71)67-59-63(80-50-47-54(78-5)44-40-35-17-13-9-4)61(73)55(46-48-69)82-65(59)81-52-56-62(74)64(79-49-42-38-34-23-20-16-12-8-3)60(66(83-56)84-85(75,76)77)68-58(72)51-53(70)43-39-36-32-30-22-19-15-11-7-2/h24-25,53-56,59-66,69-70,73-74H,6-23,26-52H2,1-5H3,(H,67,71)(H,68,72)(H2,75,76,77)/t53?,54?,55-,56-,59-,60-,61-,62-,63-,64-,65-,66-/m1/s1. The minimum Gasteiger partial charge on any atom is -0.396 e. The first-order valence-electron chi connectivity index (χ1n) is 34.5. The van der Waals surface area contributed by atoms with Gasteiger partial charge in [0.15, 0.2) is 12.6 Å². The van der Waals surface area contributed by atoms with Crippen molar-refractivity contribution in [3.8, 4) is 0 Å². The summed E-state index contributed by atoms with van der Waals surface area (Å²) >= 11 is 0. The highest BCUT2D eigenvalue weighted by molar-refractivity contribution is 7.46. The topological polar surface area (TPSA) is 261 Å². The lowest BCUT2D eigenvalue weighted by molar-refractivity contribution is -0.300. The molecule has 18 nitrogen and oxygen atoms in total. The van der Waals surface area contributed by atoms with E-state index in [-0.39, 0.29) is 51.1 Å². The van der Waals surface area contributed by atoms with Crippen molar-refractivity contribution in [3.63, 3.8) is 0 Å². The maximum absolute atomic E-state index is 13.9. The van der Waals surface area contributed by atoms with Crippen molar-refractivity contribution in [2.75, 3.05) is 33.5 Å². The van der Waals surface area contributed by atoms with Crippen molar-refractivity contribution >= 4 is 19.6 Å². The number of hydrogen-bond donors (Lipinski definition) is 8. The summed E-state index contributed by atoms with van der Waals surface area (Å²) in [5, 5.41) is 51.0. The number of carbonyl (C=O) groups is 2. The summed E-state index contributed by atoms with van der Waals surface area (Å²) in [7, 11) is -3.65. The quantitative estimate of drug-likeness (QED) is 0.0160. The predicted molar refractivity (Wildman–Crippen MR) is 337 cm³/mol. The van der Waals surface area contributed by atoms with Crippen molar-refractivity contribution in [2.24, 2.45) is 0 Å². The summed E-state index contributed by atoms with van der Waals surface area (Å²) in [6.07, 6.45) is 32.4. The monoisotopic (exact) mass is 1230 g/mol. The number of aliphatic hydroxyl groups is 4. The number of carbonyl (C=O) groups excluding carboxylic acids is 2. The van der Waals surface area contributed by atoms with Crippen LogP contribution in [-0.2, 0) is 47.1 Å². The van der Waals surface area contributed by atoms with E-state index >= 15 is 0 Å². The van der Waals surface area contributed by atoms with Gasteiger partial charge in [-0.25, -0.2) is 4.57 Å². The summed E-state index contributed by atoms with van der Waals surface area (Å²) in [6, 6.07) is -2.52. The van der Waals surface area contributed by atoms with E-state index in [9.17, 15) is 44.4 Å². The molecule has 0 bridgehead atoms. The molecule has 19 heteroatoms. The first kappa shape index (κ1) is 79.5. The molecule has 2 fully saturated rings. The summed E-state index contributed by atoms with van der Waals surface area (Å²) in [4.78, 5) is 48.1. The van der Waals surface area contributed by atoms with Gasteiger partial charge in [-0.1, -0.05) is 226 Å². The third kappa shape index (κ3) is 38.6. The molecule has 2 heterocycles. The molecule has 0 radical (unpaired) electrons. The molecule has 0 aromatic heterocycles. The molecule has 0 aliphatic carbocycles. The number of amides is 2. The van der Waals surface area contributed by atoms with E-state index in [1.165, 1.54) is 89.9 Å². The lowest BCUT2D eigenvalue weighted by atomic mass is 9.94. The molecule has 12 atom stereocenters. The van der Waals surface area contributed by atoms with Crippen molar-refractivity contribution < 1.29 is 77.3 Å². The fourth-order valence-electron chi connectivity index (χ4n) is 11.6. The highest BCUT2D eigenvalue weighted by Crippen LogP contribution is 2.41. The first-order valence-corrected chi connectivity index (χ1v) is 36.1. The van der Waals surface area contributed by atoms with E-state index in [0.717, 1.165) is 128 Å². The number of phosphoric ester groups is 1. The van der Waals surface area contributed by atoms with Crippen LogP contribution in [0.3, 0.4) is 0 Å². The van der Waals surface area contributed by atoms with Gasteiger partial charge in [-0.3, -0.25) is 14.1 Å². The Kier molecular flexibility index (Phi) is 48.7. The van der Waals surface area contributed by atoms with E-state index in [1.807, 2.05) is 0 Å². The van der Waals surface area contributed by atoms with Crippen LogP contribution in [0.2, 0.25) is 0 Å².